The molecule has 0 radical (unpaired) electrons. The third-order valence-electron chi connectivity index (χ3n) is 2.61. The monoisotopic (exact) mass is 208 g/mol. The molecule has 1 heterocycles. The number of nitrogens with one attached hydrogen (secondary N) is 2. The predicted octanol–water partition coefficient (Wildman–Crippen LogP) is 0.975. The lowest BCUT2D eigenvalue weighted by Crippen LogP contribution is -2.53. The van der Waals surface area contributed by atoms with E-state index in [1.165, 1.54) is 6.07 Å². The Hall–Kier alpha value is -1.42. The minimum atomic E-state index is -0.275. The first-order valence-electron chi connectivity index (χ1n) is 4.96. The van der Waals surface area contributed by atoms with Crippen LogP contribution in [-0.2, 0) is 4.79 Å². The fourth-order valence-corrected chi connectivity index (χ4v) is 1.75. The second-order valence-electron chi connectivity index (χ2n) is 3.71. The number of rotatable bonds is 1. The molecule has 2 unspecified atom stereocenters. The molecule has 1 amide bonds. The molecule has 0 bridgehead atoms. The van der Waals surface area contributed by atoms with E-state index < -0.39 is 0 Å². The van der Waals surface area contributed by atoms with Gasteiger partial charge < -0.3 is 5.32 Å². The normalized spacial score (nSPS) is 26.1. The zero-order valence-corrected chi connectivity index (χ0v) is 8.46. The Balaban J connectivity index is 2.19. The highest BCUT2D eigenvalue weighted by Gasteiger charge is 2.26. The van der Waals surface area contributed by atoms with E-state index in [9.17, 15) is 9.18 Å². The van der Waals surface area contributed by atoms with Gasteiger partial charge in [0, 0.05) is 12.1 Å². The lowest BCUT2D eigenvalue weighted by atomic mass is 10.0. The fraction of sp³-hybridized carbons (Fsp3) is 0.364. The SMILES string of the molecule is CC1NC(c2ccccc2F)CNC1=O. The van der Waals surface area contributed by atoms with Gasteiger partial charge in [-0.25, -0.2) is 4.39 Å². The minimum absolute atomic E-state index is 0.0393. The van der Waals surface area contributed by atoms with Gasteiger partial charge in [0.15, 0.2) is 0 Å². The quantitative estimate of drug-likeness (QED) is 0.722. The number of halogens is 1. The Morgan fingerprint density at radius 3 is 2.80 bits per heavy atom. The van der Waals surface area contributed by atoms with Gasteiger partial charge in [0.1, 0.15) is 5.82 Å². The smallest absolute Gasteiger partial charge is 0.236 e. The Bertz CT molecular complexity index is 381. The molecule has 3 nitrogen and oxygen atoms in total. The second kappa shape index (κ2) is 3.98. The second-order valence-corrected chi connectivity index (χ2v) is 3.71. The Kier molecular flexibility index (Phi) is 2.68. The van der Waals surface area contributed by atoms with Crippen LogP contribution in [0.3, 0.4) is 0 Å². The van der Waals surface area contributed by atoms with Crippen molar-refractivity contribution in [2.45, 2.75) is 19.0 Å². The summed E-state index contributed by atoms with van der Waals surface area (Å²) in [5.41, 5.74) is 0.601. The molecule has 1 aliphatic rings. The van der Waals surface area contributed by atoms with E-state index in [0.29, 0.717) is 12.1 Å². The number of hydrogen-bond acceptors (Lipinski definition) is 2. The summed E-state index contributed by atoms with van der Waals surface area (Å²) in [6, 6.07) is 6.20. The molecular formula is C11H13FN2O. The topological polar surface area (TPSA) is 41.1 Å². The van der Waals surface area contributed by atoms with Crippen molar-refractivity contribution in [1.29, 1.82) is 0 Å². The number of carbonyl (C=O) groups is 1. The fourth-order valence-electron chi connectivity index (χ4n) is 1.75. The van der Waals surface area contributed by atoms with Gasteiger partial charge in [0.25, 0.3) is 0 Å². The van der Waals surface area contributed by atoms with Crippen molar-refractivity contribution >= 4 is 5.91 Å². The van der Waals surface area contributed by atoms with Crippen LogP contribution in [0.15, 0.2) is 24.3 Å². The van der Waals surface area contributed by atoms with Crippen LogP contribution >= 0.6 is 0 Å². The maximum Gasteiger partial charge on any atom is 0.236 e. The number of carbonyl (C=O) groups excluding carboxylic acids is 1. The summed E-state index contributed by atoms with van der Waals surface area (Å²) >= 11 is 0. The average Bonchev–Trinajstić information content (AvgIpc) is 2.23. The van der Waals surface area contributed by atoms with Crippen molar-refractivity contribution in [3.8, 4) is 0 Å². The Morgan fingerprint density at radius 1 is 1.40 bits per heavy atom. The Morgan fingerprint density at radius 2 is 2.13 bits per heavy atom. The van der Waals surface area contributed by atoms with Crippen molar-refractivity contribution in [2.24, 2.45) is 0 Å². The molecule has 2 atom stereocenters. The minimum Gasteiger partial charge on any atom is -0.353 e. The highest BCUT2D eigenvalue weighted by Crippen LogP contribution is 2.18. The first kappa shape index (κ1) is 10.1. The van der Waals surface area contributed by atoms with E-state index in [0.717, 1.165) is 0 Å². The van der Waals surface area contributed by atoms with Gasteiger partial charge in [-0.2, -0.15) is 0 Å². The zero-order valence-electron chi connectivity index (χ0n) is 8.46. The van der Waals surface area contributed by atoms with Gasteiger partial charge in [-0.15, -0.1) is 0 Å². The van der Waals surface area contributed by atoms with Crippen LogP contribution in [-0.4, -0.2) is 18.5 Å². The van der Waals surface area contributed by atoms with Crippen LogP contribution in [0.4, 0.5) is 4.39 Å². The molecule has 15 heavy (non-hydrogen) atoms. The molecule has 1 fully saturated rings. The predicted molar refractivity (Wildman–Crippen MR) is 54.7 cm³/mol. The Labute approximate surface area is 87.7 Å². The van der Waals surface area contributed by atoms with E-state index in [-0.39, 0.29) is 23.8 Å². The van der Waals surface area contributed by atoms with E-state index >= 15 is 0 Å². The van der Waals surface area contributed by atoms with Gasteiger partial charge >= 0.3 is 0 Å². The molecule has 1 aromatic carbocycles. The number of piperazine rings is 1. The lowest BCUT2D eigenvalue weighted by molar-refractivity contribution is -0.124. The van der Waals surface area contributed by atoms with E-state index in [4.69, 9.17) is 0 Å². The number of benzene rings is 1. The molecule has 4 heteroatoms. The summed E-state index contributed by atoms with van der Waals surface area (Å²) in [6.45, 7) is 2.20. The van der Waals surface area contributed by atoms with Gasteiger partial charge in [0.05, 0.1) is 12.1 Å². The van der Waals surface area contributed by atoms with Gasteiger partial charge in [0.2, 0.25) is 5.91 Å². The highest BCUT2D eigenvalue weighted by atomic mass is 19.1. The van der Waals surface area contributed by atoms with Crippen LogP contribution in [0.2, 0.25) is 0 Å². The third kappa shape index (κ3) is 1.99. The largest absolute Gasteiger partial charge is 0.353 e. The summed E-state index contributed by atoms with van der Waals surface area (Å²) < 4.78 is 13.4. The average molecular weight is 208 g/mol. The van der Waals surface area contributed by atoms with Crippen molar-refractivity contribution in [3.05, 3.63) is 35.6 Å². The molecular weight excluding hydrogens is 195 g/mol. The summed E-state index contributed by atoms with van der Waals surface area (Å²) in [5, 5.41) is 5.81. The molecule has 2 rings (SSSR count). The summed E-state index contributed by atoms with van der Waals surface area (Å²) in [6.07, 6.45) is 0. The van der Waals surface area contributed by atoms with Crippen LogP contribution in [0.25, 0.3) is 0 Å². The number of hydrogen-bond donors (Lipinski definition) is 2. The standard InChI is InChI=1S/C11H13FN2O/c1-7-11(15)13-6-10(14-7)8-4-2-3-5-9(8)12/h2-5,7,10,14H,6H2,1H3,(H,13,15). The van der Waals surface area contributed by atoms with Gasteiger partial charge in [-0.05, 0) is 13.0 Å². The number of amides is 1. The van der Waals surface area contributed by atoms with Crippen molar-refractivity contribution in [3.63, 3.8) is 0 Å². The lowest BCUT2D eigenvalue weighted by Gasteiger charge is -2.29. The van der Waals surface area contributed by atoms with Gasteiger partial charge in [-0.3, -0.25) is 10.1 Å². The molecule has 80 valence electrons. The summed E-state index contributed by atoms with van der Waals surface area (Å²) in [5.74, 6) is -0.277. The maximum absolute atomic E-state index is 13.4. The maximum atomic E-state index is 13.4. The molecule has 1 aliphatic heterocycles. The van der Waals surface area contributed by atoms with E-state index in [2.05, 4.69) is 10.6 Å². The van der Waals surface area contributed by atoms with Crippen LogP contribution in [0.5, 0.6) is 0 Å². The van der Waals surface area contributed by atoms with Crippen LogP contribution in [0.1, 0.15) is 18.5 Å². The van der Waals surface area contributed by atoms with Crippen molar-refractivity contribution < 1.29 is 9.18 Å². The van der Waals surface area contributed by atoms with Crippen LogP contribution < -0.4 is 10.6 Å². The zero-order chi connectivity index (χ0) is 10.8. The summed E-state index contributed by atoms with van der Waals surface area (Å²) in [7, 11) is 0. The van der Waals surface area contributed by atoms with E-state index in [1.54, 1.807) is 25.1 Å². The molecule has 0 spiro atoms. The third-order valence-corrected chi connectivity index (χ3v) is 2.61. The first-order valence-corrected chi connectivity index (χ1v) is 4.96. The molecule has 2 N–H and O–H groups in total. The molecule has 0 aromatic heterocycles. The molecule has 1 saturated heterocycles. The summed E-state index contributed by atoms with van der Waals surface area (Å²) in [4.78, 5) is 11.2. The molecule has 1 aromatic rings. The van der Waals surface area contributed by atoms with Gasteiger partial charge in [-0.1, -0.05) is 18.2 Å². The molecule has 0 aliphatic carbocycles. The molecule has 0 saturated carbocycles. The highest BCUT2D eigenvalue weighted by molar-refractivity contribution is 5.82. The van der Waals surface area contributed by atoms with Crippen molar-refractivity contribution in [1.82, 2.24) is 10.6 Å². The first-order chi connectivity index (χ1) is 7.18. The van der Waals surface area contributed by atoms with Crippen LogP contribution in [0, 0.1) is 5.82 Å². The van der Waals surface area contributed by atoms with Crippen molar-refractivity contribution in [2.75, 3.05) is 6.54 Å². The van der Waals surface area contributed by atoms with E-state index in [1.807, 2.05) is 0 Å².